The first-order valence-corrected chi connectivity index (χ1v) is 8.77. The average Bonchev–Trinajstić information content (AvgIpc) is 3.46. The van der Waals surface area contributed by atoms with E-state index in [-0.39, 0.29) is 0 Å². The fourth-order valence-corrected chi connectivity index (χ4v) is 3.40. The van der Waals surface area contributed by atoms with E-state index in [2.05, 4.69) is 22.1 Å². The molecule has 0 unspecified atom stereocenters. The van der Waals surface area contributed by atoms with Gasteiger partial charge in [-0.3, -0.25) is 9.13 Å². The van der Waals surface area contributed by atoms with E-state index in [9.17, 15) is 0 Å². The van der Waals surface area contributed by atoms with Crippen LogP contribution in [0, 0.1) is 24.9 Å². The highest BCUT2D eigenvalue weighted by atomic mass is 14.9. The van der Waals surface area contributed by atoms with Gasteiger partial charge in [-0.15, -0.1) is 0 Å². The highest BCUT2D eigenvalue weighted by molar-refractivity contribution is 5.78. The van der Waals surface area contributed by atoms with Gasteiger partial charge in [0.1, 0.15) is 0 Å². The number of nitrogens with zero attached hydrogens (tertiary/aromatic N) is 4. The van der Waals surface area contributed by atoms with Crippen molar-refractivity contribution < 1.29 is 0 Å². The van der Waals surface area contributed by atoms with Gasteiger partial charge in [0.15, 0.2) is 0 Å². The molecule has 8 bridgehead atoms. The molecule has 130 valence electrons. The van der Waals surface area contributed by atoms with Crippen LogP contribution in [-0.2, 0) is 0 Å². The van der Waals surface area contributed by atoms with Crippen molar-refractivity contribution in [3.05, 3.63) is 71.3 Å². The third kappa shape index (κ3) is 2.61. The van der Waals surface area contributed by atoms with Crippen molar-refractivity contribution >= 4 is 46.4 Å². The van der Waals surface area contributed by atoms with Crippen LogP contribution >= 0.6 is 0 Å². The quantitative estimate of drug-likeness (QED) is 0.383. The third-order valence-corrected chi connectivity index (χ3v) is 4.69. The summed E-state index contributed by atoms with van der Waals surface area (Å²) in [5.74, 6) is 0. The number of hydrogen-bond acceptors (Lipinski definition) is 2. The van der Waals surface area contributed by atoms with Gasteiger partial charge in [0, 0.05) is 12.1 Å². The molecule has 0 amide bonds. The minimum absolute atomic E-state index is 0.832. The van der Waals surface area contributed by atoms with Gasteiger partial charge in [0.25, 0.3) is 0 Å². The molecule has 0 radical (unpaired) electrons. The maximum Gasteiger partial charge on any atom is 0.0658 e. The topological polar surface area (TPSA) is 35.6 Å². The minimum atomic E-state index is 0.832. The third-order valence-electron chi connectivity index (χ3n) is 4.69. The Morgan fingerprint density at radius 1 is 0.536 bits per heavy atom. The van der Waals surface area contributed by atoms with Crippen LogP contribution < -0.4 is 0 Å². The Labute approximate surface area is 162 Å². The Morgan fingerprint density at radius 3 is 1.07 bits per heavy atom. The van der Waals surface area contributed by atoms with E-state index in [1.807, 2.05) is 72.8 Å². The molecule has 0 fully saturated rings. The van der Waals surface area contributed by atoms with Gasteiger partial charge in [-0.05, 0) is 72.8 Å². The van der Waals surface area contributed by atoms with Crippen LogP contribution in [0.25, 0.3) is 46.4 Å². The first kappa shape index (κ1) is 15.9. The van der Waals surface area contributed by atoms with Crippen molar-refractivity contribution in [2.75, 3.05) is 0 Å². The molecule has 2 aliphatic heterocycles. The number of fused-ring (bicyclic) bond motifs is 8. The number of rotatable bonds is 0. The highest BCUT2D eigenvalue weighted by Crippen LogP contribution is 2.19. The van der Waals surface area contributed by atoms with Gasteiger partial charge in [0.05, 0.1) is 44.8 Å². The lowest BCUT2D eigenvalue weighted by Crippen LogP contribution is -1.87. The smallest absolute Gasteiger partial charge is 0.0658 e. The summed E-state index contributed by atoms with van der Waals surface area (Å²) in [6.45, 7) is 0. The van der Waals surface area contributed by atoms with Crippen LogP contribution in [-0.4, -0.2) is 19.1 Å². The number of aromatic nitrogens is 4. The molecular weight excluding hydrogens is 344 g/mol. The lowest BCUT2D eigenvalue weighted by atomic mass is 10.3. The molecule has 5 heterocycles. The van der Waals surface area contributed by atoms with E-state index < -0.39 is 0 Å². The van der Waals surface area contributed by atoms with Crippen molar-refractivity contribution in [2.24, 2.45) is 0 Å². The molecule has 0 saturated carbocycles. The SMILES string of the molecule is C#Cn1c2ccc1cc1nc(cc3ccc(cc4nc(c2)C=C4)n3C#C)C=C1. The normalized spacial score (nSPS) is 11.9. The molecule has 4 nitrogen and oxygen atoms in total. The molecule has 5 rings (SSSR count). The zero-order valence-electron chi connectivity index (χ0n) is 14.9. The van der Waals surface area contributed by atoms with E-state index in [0.717, 1.165) is 44.8 Å². The monoisotopic (exact) mass is 358 g/mol. The second kappa shape index (κ2) is 6.16. The fraction of sp³-hybridized carbons (Fsp3) is 0. The Kier molecular flexibility index (Phi) is 3.50. The van der Waals surface area contributed by atoms with Crippen molar-refractivity contribution in [1.29, 1.82) is 0 Å². The zero-order valence-corrected chi connectivity index (χ0v) is 14.9. The predicted octanol–water partition coefficient (Wildman–Crippen LogP) is 4.48. The fourth-order valence-electron chi connectivity index (χ4n) is 3.40. The van der Waals surface area contributed by atoms with E-state index in [1.165, 1.54) is 0 Å². The largest absolute Gasteiger partial charge is 0.270 e. The zero-order chi connectivity index (χ0) is 19.1. The van der Waals surface area contributed by atoms with Gasteiger partial charge in [-0.1, -0.05) is 12.8 Å². The lowest BCUT2D eigenvalue weighted by molar-refractivity contribution is 1.23. The summed E-state index contributed by atoms with van der Waals surface area (Å²) in [5, 5.41) is 0. The van der Waals surface area contributed by atoms with Crippen LogP contribution in [0.5, 0.6) is 0 Å². The Morgan fingerprint density at radius 2 is 0.821 bits per heavy atom. The molecule has 0 N–H and O–H groups in total. The van der Waals surface area contributed by atoms with Crippen molar-refractivity contribution in [3.63, 3.8) is 0 Å². The summed E-state index contributed by atoms with van der Waals surface area (Å²) in [6, 6.07) is 21.2. The molecule has 0 aliphatic carbocycles. The molecule has 28 heavy (non-hydrogen) atoms. The molecule has 3 aromatic rings. The molecule has 0 atom stereocenters. The maximum absolute atomic E-state index is 5.75. The van der Waals surface area contributed by atoms with Crippen LogP contribution in [0.3, 0.4) is 0 Å². The van der Waals surface area contributed by atoms with E-state index in [1.54, 1.807) is 9.13 Å². The molecule has 2 aliphatic rings. The molecule has 0 spiro atoms. The van der Waals surface area contributed by atoms with Crippen molar-refractivity contribution in [2.45, 2.75) is 0 Å². The summed E-state index contributed by atoms with van der Waals surface area (Å²) in [7, 11) is 0. The number of terminal acetylenes is 2. The first-order chi connectivity index (χ1) is 13.7. The summed E-state index contributed by atoms with van der Waals surface area (Å²) >= 11 is 0. The molecule has 0 aromatic carbocycles. The summed E-state index contributed by atoms with van der Waals surface area (Å²) in [4.78, 5) is 9.32. The van der Waals surface area contributed by atoms with Gasteiger partial charge < -0.3 is 0 Å². The molecule has 4 heteroatoms. The van der Waals surface area contributed by atoms with Gasteiger partial charge in [-0.2, -0.15) is 0 Å². The molecule has 3 aromatic heterocycles. The lowest BCUT2D eigenvalue weighted by Gasteiger charge is -1.95. The van der Waals surface area contributed by atoms with E-state index in [0.29, 0.717) is 0 Å². The predicted molar refractivity (Wildman–Crippen MR) is 115 cm³/mol. The van der Waals surface area contributed by atoms with E-state index >= 15 is 0 Å². The highest BCUT2D eigenvalue weighted by Gasteiger charge is 2.05. The number of hydrogen-bond donors (Lipinski definition) is 0. The standard InChI is InChI=1S/C24H14N4/c1-3-27-21-9-10-22(27)14-18-6-8-20(26-18)16-24-12-11-23(28(24)4-2)15-19-7-5-17(13-21)25-19/h1-2,5-16H. The second-order valence-corrected chi connectivity index (χ2v) is 6.46. The Balaban J connectivity index is 1.93. The van der Waals surface area contributed by atoms with Crippen LogP contribution in [0.4, 0.5) is 0 Å². The van der Waals surface area contributed by atoms with Crippen LogP contribution in [0.1, 0.15) is 22.8 Å². The maximum atomic E-state index is 5.75. The van der Waals surface area contributed by atoms with Crippen LogP contribution in [0.15, 0.2) is 48.5 Å². The van der Waals surface area contributed by atoms with Crippen molar-refractivity contribution in [3.8, 4) is 24.9 Å². The minimum Gasteiger partial charge on any atom is -0.270 e. The van der Waals surface area contributed by atoms with Gasteiger partial charge >= 0.3 is 0 Å². The molecular formula is C24H14N4. The summed E-state index contributed by atoms with van der Waals surface area (Å²) in [6.07, 6.45) is 19.3. The first-order valence-electron chi connectivity index (χ1n) is 8.77. The Bertz CT molecular complexity index is 1230. The van der Waals surface area contributed by atoms with Crippen LogP contribution in [0.2, 0.25) is 0 Å². The summed E-state index contributed by atoms with van der Waals surface area (Å²) < 4.78 is 3.58. The van der Waals surface area contributed by atoms with Gasteiger partial charge in [-0.25, -0.2) is 9.97 Å². The van der Waals surface area contributed by atoms with Gasteiger partial charge in [0.2, 0.25) is 0 Å². The molecule has 0 saturated heterocycles. The Hall–Kier alpha value is -4.28. The van der Waals surface area contributed by atoms with E-state index in [4.69, 9.17) is 12.8 Å². The second-order valence-electron chi connectivity index (χ2n) is 6.46. The average molecular weight is 358 g/mol. The van der Waals surface area contributed by atoms with Crippen molar-refractivity contribution in [1.82, 2.24) is 19.1 Å². The summed E-state index contributed by atoms with van der Waals surface area (Å²) in [5.41, 5.74) is 6.88.